The third-order valence-corrected chi connectivity index (χ3v) is 3.14. The monoisotopic (exact) mass is 247 g/mol. The van der Waals surface area contributed by atoms with Gasteiger partial charge in [0.1, 0.15) is 11.6 Å². The fourth-order valence-electron chi connectivity index (χ4n) is 2.16. The first-order valence-corrected chi connectivity index (χ1v) is 5.56. The van der Waals surface area contributed by atoms with E-state index in [1.807, 2.05) is 0 Å². The van der Waals surface area contributed by atoms with Crippen molar-refractivity contribution in [3.05, 3.63) is 35.4 Å². The van der Waals surface area contributed by atoms with Crippen molar-refractivity contribution in [3.63, 3.8) is 0 Å². The topological polar surface area (TPSA) is 12.0 Å². The molecule has 0 aromatic heterocycles. The fraction of sp³-hybridized carbons (Fsp3) is 0.500. The average Bonchev–Trinajstić information content (AvgIpc) is 2.29. The molecular weight excluding hydrogens is 234 g/mol. The quantitative estimate of drug-likeness (QED) is 0.792. The second-order valence-electron chi connectivity index (χ2n) is 4.27. The summed E-state index contributed by atoms with van der Waals surface area (Å²) >= 11 is 0. The maximum atomic E-state index is 14.0. The molecular formula is C12H13F4N. The van der Waals surface area contributed by atoms with Crippen LogP contribution in [0.1, 0.15) is 18.4 Å². The van der Waals surface area contributed by atoms with Gasteiger partial charge < -0.3 is 5.32 Å². The van der Waals surface area contributed by atoms with Gasteiger partial charge in [0.2, 0.25) is 0 Å². The van der Waals surface area contributed by atoms with Gasteiger partial charge in [0.25, 0.3) is 5.92 Å². The predicted octanol–water partition coefficient (Wildman–Crippen LogP) is 3.06. The van der Waals surface area contributed by atoms with E-state index >= 15 is 0 Å². The first-order valence-electron chi connectivity index (χ1n) is 5.56. The molecule has 1 aliphatic heterocycles. The number of piperidine rings is 1. The molecule has 5 heteroatoms. The Labute approximate surface area is 96.8 Å². The van der Waals surface area contributed by atoms with Gasteiger partial charge in [0.05, 0.1) is 5.56 Å². The van der Waals surface area contributed by atoms with E-state index in [0.717, 1.165) is 12.1 Å². The molecule has 1 heterocycles. The van der Waals surface area contributed by atoms with Crippen LogP contribution in [0, 0.1) is 17.6 Å². The van der Waals surface area contributed by atoms with E-state index in [2.05, 4.69) is 5.32 Å². The standard InChI is InChI=1S/C12H13F4N/c13-9-1-2-10(11(14)7-9)12(15,16)8-3-5-17-6-4-8/h1-2,7-8,17H,3-6H2. The lowest BCUT2D eigenvalue weighted by atomic mass is 9.87. The minimum absolute atomic E-state index is 0.295. The number of rotatable bonds is 2. The summed E-state index contributed by atoms with van der Waals surface area (Å²) in [5.74, 6) is -6.13. The maximum absolute atomic E-state index is 14.0. The van der Waals surface area contributed by atoms with Crippen LogP contribution in [0.5, 0.6) is 0 Å². The molecule has 1 fully saturated rings. The van der Waals surface area contributed by atoms with Gasteiger partial charge in [-0.2, -0.15) is 0 Å². The van der Waals surface area contributed by atoms with Gasteiger partial charge in [0.15, 0.2) is 0 Å². The highest BCUT2D eigenvalue weighted by molar-refractivity contribution is 5.24. The molecule has 1 aliphatic rings. The van der Waals surface area contributed by atoms with Crippen LogP contribution in [0.15, 0.2) is 18.2 Å². The van der Waals surface area contributed by atoms with Gasteiger partial charge >= 0.3 is 0 Å². The third kappa shape index (κ3) is 2.44. The predicted molar refractivity (Wildman–Crippen MR) is 55.8 cm³/mol. The van der Waals surface area contributed by atoms with Crippen LogP contribution < -0.4 is 5.32 Å². The lowest BCUT2D eigenvalue weighted by molar-refractivity contribution is -0.0780. The number of hydrogen-bond acceptors (Lipinski definition) is 1. The molecule has 1 aromatic rings. The van der Waals surface area contributed by atoms with Gasteiger partial charge in [0, 0.05) is 12.0 Å². The second kappa shape index (κ2) is 4.64. The van der Waals surface area contributed by atoms with Crippen molar-refractivity contribution in [1.82, 2.24) is 5.32 Å². The van der Waals surface area contributed by atoms with E-state index in [1.165, 1.54) is 0 Å². The highest BCUT2D eigenvalue weighted by Crippen LogP contribution is 2.41. The number of nitrogens with one attached hydrogen (secondary N) is 1. The maximum Gasteiger partial charge on any atom is 0.278 e. The van der Waals surface area contributed by atoms with Crippen molar-refractivity contribution in [1.29, 1.82) is 0 Å². The smallest absolute Gasteiger partial charge is 0.278 e. The first-order chi connectivity index (χ1) is 8.01. The van der Waals surface area contributed by atoms with Crippen LogP contribution in [0.25, 0.3) is 0 Å². The first kappa shape index (κ1) is 12.4. The summed E-state index contributed by atoms with van der Waals surface area (Å²) in [6.45, 7) is 1.01. The van der Waals surface area contributed by atoms with Gasteiger partial charge in [-0.25, -0.2) is 17.6 Å². The second-order valence-corrected chi connectivity index (χ2v) is 4.27. The summed E-state index contributed by atoms with van der Waals surface area (Å²) in [6.07, 6.45) is 0.591. The van der Waals surface area contributed by atoms with Gasteiger partial charge in [-0.1, -0.05) is 0 Å². The number of alkyl halides is 2. The zero-order valence-electron chi connectivity index (χ0n) is 9.15. The molecule has 0 unspecified atom stereocenters. The molecule has 0 saturated carbocycles. The Bertz CT molecular complexity index is 399. The highest BCUT2D eigenvalue weighted by atomic mass is 19.3. The van der Waals surface area contributed by atoms with E-state index in [0.29, 0.717) is 32.0 Å². The summed E-state index contributed by atoms with van der Waals surface area (Å²) < 4.78 is 54.1. The van der Waals surface area contributed by atoms with Crippen LogP contribution in [0.4, 0.5) is 17.6 Å². The highest BCUT2D eigenvalue weighted by Gasteiger charge is 2.43. The Hall–Kier alpha value is -1.10. The molecule has 1 nitrogen and oxygen atoms in total. The molecule has 0 atom stereocenters. The summed E-state index contributed by atoms with van der Waals surface area (Å²) in [5.41, 5.74) is -0.703. The van der Waals surface area contributed by atoms with Crippen LogP contribution in [-0.4, -0.2) is 13.1 Å². The normalized spacial score (nSPS) is 18.4. The molecule has 0 spiro atoms. The zero-order chi connectivity index (χ0) is 12.5. The molecule has 0 aliphatic carbocycles. The van der Waals surface area contributed by atoms with Gasteiger partial charge in [-0.3, -0.25) is 0 Å². The van der Waals surface area contributed by atoms with Gasteiger partial charge in [-0.15, -0.1) is 0 Å². The molecule has 94 valence electrons. The molecule has 0 radical (unpaired) electrons. The Balaban J connectivity index is 2.29. The lowest BCUT2D eigenvalue weighted by Gasteiger charge is -2.30. The molecule has 1 saturated heterocycles. The third-order valence-electron chi connectivity index (χ3n) is 3.14. The van der Waals surface area contributed by atoms with E-state index in [1.54, 1.807) is 0 Å². The van der Waals surface area contributed by atoms with E-state index in [4.69, 9.17) is 0 Å². The Kier molecular flexibility index (Phi) is 3.38. The summed E-state index contributed by atoms with van der Waals surface area (Å²) in [7, 11) is 0. The molecule has 0 amide bonds. The van der Waals surface area contributed by atoms with Crippen molar-refractivity contribution in [2.24, 2.45) is 5.92 Å². The van der Waals surface area contributed by atoms with Crippen LogP contribution in [-0.2, 0) is 5.92 Å². The van der Waals surface area contributed by atoms with Crippen molar-refractivity contribution < 1.29 is 17.6 Å². The number of halogens is 4. The summed E-state index contributed by atoms with van der Waals surface area (Å²) in [6, 6.07) is 2.21. The van der Waals surface area contributed by atoms with Crippen molar-refractivity contribution >= 4 is 0 Å². The molecule has 1 N–H and O–H groups in total. The average molecular weight is 247 g/mol. The molecule has 17 heavy (non-hydrogen) atoms. The Morgan fingerprint density at radius 2 is 1.76 bits per heavy atom. The Morgan fingerprint density at radius 3 is 2.35 bits per heavy atom. The van der Waals surface area contributed by atoms with Crippen molar-refractivity contribution in [2.45, 2.75) is 18.8 Å². The van der Waals surface area contributed by atoms with Crippen molar-refractivity contribution in [3.8, 4) is 0 Å². The van der Waals surface area contributed by atoms with E-state index < -0.39 is 29.0 Å². The van der Waals surface area contributed by atoms with E-state index in [9.17, 15) is 17.6 Å². The summed E-state index contributed by atoms with van der Waals surface area (Å²) in [5, 5.41) is 2.97. The fourth-order valence-corrected chi connectivity index (χ4v) is 2.16. The van der Waals surface area contributed by atoms with Crippen LogP contribution in [0.3, 0.4) is 0 Å². The molecule has 1 aromatic carbocycles. The number of hydrogen-bond donors (Lipinski definition) is 1. The Morgan fingerprint density at radius 1 is 1.12 bits per heavy atom. The van der Waals surface area contributed by atoms with E-state index in [-0.39, 0.29) is 0 Å². The van der Waals surface area contributed by atoms with Crippen LogP contribution in [0.2, 0.25) is 0 Å². The van der Waals surface area contributed by atoms with Crippen LogP contribution >= 0.6 is 0 Å². The SMILES string of the molecule is Fc1ccc(C(F)(F)C2CCNCC2)c(F)c1. The van der Waals surface area contributed by atoms with Crippen molar-refractivity contribution in [2.75, 3.05) is 13.1 Å². The van der Waals surface area contributed by atoms with Gasteiger partial charge in [-0.05, 0) is 38.1 Å². The zero-order valence-corrected chi connectivity index (χ0v) is 9.15. The molecule has 2 rings (SSSR count). The largest absolute Gasteiger partial charge is 0.317 e. The minimum atomic E-state index is -3.24. The number of benzene rings is 1. The lowest BCUT2D eigenvalue weighted by Crippen LogP contribution is -2.37. The minimum Gasteiger partial charge on any atom is -0.317 e. The molecule has 0 bridgehead atoms. The summed E-state index contributed by atoms with van der Waals surface area (Å²) in [4.78, 5) is 0.